The second kappa shape index (κ2) is 8.05. The molecule has 5 nitrogen and oxygen atoms in total. The summed E-state index contributed by atoms with van der Waals surface area (Å²) < 4.78 is 1.48. The number of hydrogen-bond acceptors (Lipinski definition) is 5. The lowest BCUT2D eigenvalue weighted by Crippen LogP contribution is -2.34. The zero-order chi connectivity index (χ0) is 20.8. The fourth-order valence-corrected chi connectivity index (χ4v) is 7.54. The summed E-state index contributed by atoms with van der Waals surface area (Å²) in [4.78, 5) is 33.1. The van der Waals surface area contributed by atoms with Crippen LogP contribution in [0.15, 0.2) is 10.2 Å². The lowest BCUT2D eigenvalue weighted by Gasteiger charge is -2.19. The summed E-state index contributed by atoms with van der Waals surface area (Å²) in [6, 6.07) is 0. The third kappa shape index (κ3) is 3.48. The Morgan fingerprint density at radius 1 is 1.17 bits per heavy atom. The van der Waals surface area contributed by atoms with Gasteiger partial charge in [-0.05, 0) is 74.2 Å². The molecule has 158 valence electrons. The standard InChI is InChI=1S/C22H25N3O2S3/c1-12-8-9-13-15(11-29-17(13)10-12)19(26)24-25-21(27)18-14-6-4-2-3-5-7-16(14)30-20(18)23-22(25)28/h11-12H,2-10H2,1H3,(H,23,28)(H,24,26)/t12-/m0/s1. The highest BCUT2D eigenvalue weighted by atomic mass is 32.1. The monoisotopic (exact) mass is 459 g/mol. The molecule has 0 fully saturated rings. The molecule has 3 aromatic heterocycles. The van der Waals surface area contributed by atoms with Crippen LogP contribution in [0.4, 0.5) is 0 Å². The molecule has 1 amide bonds. The van der Waals surface area contributed by atoms with E-state index >= 15 is 0 Å². The molecule has 30 heavy (non-hydrogen) atoms. The normalized spacial score (nSPS) is 19.0. The van der Waals surface area contributed by atoms with Gasteiger partial charge in [0.15, 0.2) is 0 Å². The minimum absolute atomic E-state index is 0.210. The molecule has 3 aromatic rings. The number of nitrogens with zero attached hydrogens (tertiary/aromatic N) is 1. The molecule has 0 saturated heterocycles. The van der Waals surface area contributed by atoms with Gasteiger partial charge in [0.2, 0.25) is 4.77 Å². The number of nitrogens with one attached hydrogen (secondary N) is 2. The number of H-pyrrole nitrogens is 1. The summed E-state index contributed by atoms with van der Waals surface area (Å²) in [5.41, 5.74) is 5.56. The van der Waals surface area contributed by atoms with Gasteiger partial charge in [0.1, 0.15) is 4.83 Å². The van der Waals surface area contributed by atoms with Crippen molar-refractivity contribution >= 4 is 51.0 Å². The maximum atomic E-state index is 13.4. The molecular formula is C22H25N3O2S3. The predicted molar refractivity (Wildman–Crippen MR) is 126 cm³/mol. The highest BCUT2D eigenvalue weighted by Crippen LogP contribution is 2.34. The van der Waals surface area contributed by atoms with E-state index in [0.29, 0.717) is 16.9 Å². The van der Waals surface area contributed by atoms with Crippen molar-refractivity contribution in [3.8, 4) is 0 Å². The molecule has 8 heteroatoms. The Balaban J connectivity index is 1.53. The van der Waals surface area contributed by atoms with Crippen LogP contribution in [-0.4, -0.2) is 15.6 Å². The largest absolute Gasteiger partial charge is 0.322 e. The number of hydrogen-bond donors (Lipinski definition) is 2. The van der Waals surface area contributed by atoms with E-state index in [2.05, 4.69) is 17.3 Å². The molecular weight excluding hydrogens is 434 g/mol. The molecule has 2 aliphatic carbocycles. The quantitative estimate of drug-likeness (QED) is 0.508. The molecule has 0 unspecified atom stereocenters. The molecule has 0 radical (unpaired) electrons. The number of amides is 1. The maximum Gasteiger partial charge on any atom is 0.282 e. The van der Waals surface area contributed by atoms with Gasteiger partial charge in [0.05, 0.1) is 10.9 Å². The average molecular weight is 460 g/mol. The smallest absolute Gasteiger partial charge is 0.282 e. The Hall–Kier alpha value is -1.77. The van der Waals surface area contributed by atoms with Gasteiger partial charge in [-0.1, -0.05) is 19.8 Å². The summed E-state index contributed by atoms with van der Waals surface area (Å²) in [7, 11) is 0. The van der Waals surface area contributed by atoms with Gasteiger partial charge >= 0.3 is 0 Å². The number of fused-ring (bicyclic) bond motifs is 4. The van der Waals surface area contributed by atoms with E-state index in [4.69, 9.17) is 12.2 Å². The Labute approximate surface area is 188 Å². The van der Waals surface area contributed by atoms with Gasteiger partial charge in [-0.3, -0.25) is 15.0 Å². The summed E-state index contributed by atoms with van der Waals surface area (Å²) in [6.07, 6.45) is 9.67. The minimum atomic E-state index is -0.249. The van der Waals surface area contributed by atoms with E-state index in [1.807, 2.05) is 5.38 Å². The third-order valence-corrected chi connectivity index (χ3v) is 8.91. The third-order valence-electron chi connectivity index (χ3n) is 6.37. The summed E-state index contributed by atoms with van der Waals surface area (Å²) in [5.74, 6) is 0.408. The van der Waals surface area contributed by atoms with Crippen LogP contribution in [0.3, 0.4) is 0 Å². The molecule has 2 N–H and O–H groups in total. The Kier molecular flexibility index (Phi) is 5.41. The first-order valence-electron chi connectivity index (χ1n) is 10.7. The maximum absolute atomic E-state index is 13.4. The van der Waals surface area contributed by atoms with E-state index < -0.39 is 0 Å². The second-order valence-electron chi connectivity index (χ2n) is 8.53. The topological polar surface area (TPSA) is 66.9 Å². The minimum Gasteiger partial charge on any atom is -0.322 e. The SMILES string of the molecule is C[C@H]1CCc2c(C(=O)Nn3c(=S)[nH]c4sc5c(c4c3=O)CCCCCC5)csc2C1. The Morgan fingerprint density at radius 3 is 2.80 bits per heavy atom. The molecule has 0 saturated carbocycles. The van der Waals surface area contributed by atoms with Crippen LogP contribution < -0.4 is 11.0 Å². The number of carbonyl (C=O) groups excluding carboxylic acids is 1. The zero-order valence-corrected chi connectivity index (χ0v) is 19.5. The lowest BCUT2D eigenvalue weighted by atomic mass is 9.88. The predicted octanol–water partition coefficient (Wildman–Crippen LogP) is 5.35. The van der Waals surface area contributed by atoms with E-state index in [1.165, 1.54) is 27.3 Å². The number of carbonyl (C=O) groups is 1. The van der Waals surface area contributed by atoms with Crippen molar-refractivity contribution in [1.82, 2.24) is 9.66 Å². The van der Waals surface area contributed by atoms with Crippen LogP contribution in [0.25, 0.3) is 10.2 Å². The molecule has 2 aliphatic rings. The van der Waals surface area contributed by atoms with Crippen LogP contribution in [0, 0.1) is 10.7 Å². The van der Waals surface area contributed by atoms with Crippen molar-refractivity contribution in [1.29, 1.82) is 0 Å². The second-order valence-corrected chi connectivity index (χ2v) is 11.0. The number of aromatic nitrogens is 2. The fraction of sp³-hybridized carbons (Fsp3) is 0.500. The van der Waals surface area contributed by atoms with Crippen molar-refractivity contribution in [2.75, 3.05) is 5.43 Å². The molecule has 3 heterocycles. The first kappa shape index (κ1) is 20.2. The first-order valence-corrected chi connectivity index (χ1v) is 12.8. The van der Waals surface area contributed by atoms with Gasteiger partial charge in [-0.2, -0.15) is 4.68 Å². The fourth-order valence-electron chi connectivity index (χ4n) is 4.72. The van der Waals surface area contributed by atoms with Crippen LogP contribution in [0.5, 0.6) is 0 Å². The highest BCUT2D eigenvalue weighted by Gasteiger charge is 2.24. The van der Waals surface area contributed by atoms with E-state index in [-0.39, 0.29) is 16.2 Å². The average Bonchev–Trinajstić information content (AvgIpc) is 3.25. The molecule has 0 aliphatic heterocycles. The summed E-state index contributed by atoms with van der Waals surface area (Å²) in [5, 5.41) is 2.63. The molecule has 1 atom stereocenters. The van der Waals surface area contributed by atoms with E-state index in [1.54, 1.807) is 22.7 Å². The molecule has 5 rings (SSSR count). The van der Waals surface area contributed by atoms with Gasteiger partial charge in [-0.15, -0.1) is 22.7 Å². The van der Waals surface area contributed by atoms with E-state index in [9.17, 15) is 9.59 Å². The molecule has 0 spiro atoms. The van der Waals surface area contributed by atoms with E-state index in [0.717, 1.165) is 60.9 Å². The van der Waals surface area contributed by atoms with Crippen molar-refractivity contribution in [2.24, 2.45) is 5.92 Å². The van der Waals surface area contributed by atoms with Crippen LogP contribution >= 0.6 is 34.9 Å². The van der Waals surface area contributed by atoms with Gasteiger partial charge in [0.25, 0.3) is 11.5 Å². The first-order chi connectivity index (χ1) is 14.5. The number of thiophene rings is 2. The lowest BCUT2D eigenvalue weighted by molar-refractivity contribution is 0.101. The number of aromatic amines is 1. The van der Waals surface area contributed by atoms with Crippen molar-refractivity contribution in [2.45, 2.75) is 64.7 Å². The van der Waals surface area contributed by atoms with Gasteiger partial charge in [0, 0.05) is 15.1 Å². The van der Waals surface area contributed by atoms with Crippen LogP contribution in [-0.2, 0) is 25.7 Å². The number of aryl methyl sites for hydroxylation is 2. The Bertz CT molecular complexity index is 1250. The van der Waals surface area contributed by atoms with Crippen molar-refractivity contribution < 1.29 is 4.79 Å². The molecule has 0 aromatic carbocycles. The van der Waals surface area contributed by atoms with Crippen LogP contribution in [0.2, 0.25) is 0 Å². The highest BCUT2D eigenvalue weighted by molar-refractivity contribution is 7.71. The van der Waals surface area contributed by atoms with Gasteiger partial charge in [-0.25, -0.2) is 0 Å². The van der Waals surface area contributed by atoms with Gasteiger partial charge < -0.3 is 4.98 Å². The Morgan fingerprint density at radius 2 is 1.97 bits per heavy atom. The summed E-state index contributed by atoms with van der Waals surface area (Å²) >= 11 is 8.74. The number of rotatable bonds is 2. The molecule has 0 bridgehead atoms. The summed E-state index contributed by atoms with van der Waals surface area (Å²) in [6.45, 7) is 2.25. The van der Waals surface area contributed by atoms with Crippen molar-refractivity contribution in [3.05, 3.63) is 46.9 Å². The van der Waals surface area contributed by atoms with Crippen LogP contribution in [0.1, 0.15) is 70.3 Å². The van der Waals surface area contributed by atoms with Crippen molar-refractivity contribution in [3.63, 3.8) is 0 Å². The zero-order valence-electron chi connectivity index (χ0n) is 17.0.